The molecule has 0 saturated heterocycles. The molecule has 128 valence electrons. The monoisotopic (exact) mass is 331 g/mol. The molecular weight excluding hydrogens is 310 g/mol. The Morgan fingerprint density at radius 1 is 1.38 bits per heavy atom. The molecular formula is C18H21NO5. The van der Waals surface area contributed by atoms with Crippen LogP contribution in [-0.2, 0) is 19.1 Å². The number of benzene rings is 1. The van der Waals surface area contributed by atoms with Gasteiger partial charge in [0, 0.05) is 19.4 Å². The average Bonchev–Trinajstić information content (AvgIpc) is 2.76. The topological polar surface area (TPSA) is 76.1 Å². The molecule has 1 aliphatic rings. The van der Waals surface area contributed by atoms with Gasteiger partial charge in [0.25, 0.3) is 5.91 Å². The molecule has 0 aromatic heterocycles. The quantitative estimate of drug-likeness (QED) is 0.638. The summed E-state index contributed by atoms with van der Waals surface area (Å²) < 4.78 is 10.1. The Balaban J connectivity index is 2.46. The van der Waals surface area contributed by atoms with Crippen molar-refractivity contribution in [2.45, 2.75) is 13.8 Å². The van der Waals surface area contributed by atoms with Crippen LogP contribution in [0.25, 0.3) is 6.08 Å². The van der Waals surface area contributed by atoms with Gasteiger partial charge < -0.3 is 19.5 Å². The Labute approximate surface area is 141 Å². The fourth-order valence-electron chi connectivity index (χ4n) is 2.56. The number of phenolic OH excluding ortho intramolecular Hbond substituents is 1. The maximum absolute atomic E-state index is 12.7. The molecule has 1 aromatic rings. The minimum atomic E-state index is -0.533. The third-order valence-corrected chi connectivity index (χ3v) is 3.69. The molecule has 0 fully saturated rings. The molecule has 6 nitrogen and oxygen atoms in total. The van der Waals surface area contributed by atoms with Gasteiger partial charge in [0.2, 0.25) is 0 Å². The van der Waals surface area contributed by atoms with Crippen molar-refractivity contribution in [3.63, 3.8) is 0 Å². The van der Waals surface area contributed by atoms with Gasteiger partial charge in [-0.3, -0.25) is 4.79 Å². The molecule has 0 aliphatic carbocycles. The van der Waals surface area contributed by atoms with Gasteiger partial charge in [-0.1, -0.05) is 12.1 Å². The van der Waals surface area contributed by atoms with E-state index in [1.54, 1.807) is 39.2 Å². The second kappa shape index (κ2) is 7.79. The summed E-state index contributed by atoms with van der Waals surface area (Å²) in [6.45, 7) is 4.36. The van der Waals surface area contributed by atoms with Crippen LogP contribution in [-0.4, -0.2) is 48.8 Å². The van der Waals surface area contributed by atoms with Gasteiger partial charge in [0.05, 0.1) is 24.4 Å². The van der Waals surface area contributed by atoms with Gasteiger partial charge in [0.15, 0.2) is 0 Å². The molecule has 0 atom stereocenters. The van der Waals surface area contributed by atoms with E-state index < -0.39 is 5.97 Å². The summed E-state index contributed by atoms with van der Waals surface area (Å²) in [6, 6.07) is 6.48. The highest BCUT2D eigenvalue weighted by Gasteiger charge is 2.36. The second-order valence-electron chi connectivity index (χ2n) is 5.28. The number of rotatable bonds is 6. The van der Waals surface area contributed by atoms with Crippen molar-refractivity contribution in [3.8, 4) is 5.75 Å². The van der Waals surface area contributed by atoms with Crippen LogP contribution < -0.4 is 0 Å². The van der Waals surface area contributed by atoms with E-state index in [0.717, 1.165) is 0 Å². The molecule has 24 heavy (non-hydrogen) atoms. The summed E-state index contributed by atoms with van der Waals surface area (Å²) in [7, 11) is 1.55. The lowest BCUT2D eigenvalue weighted by Gasteiger charge is -2.16. The van der Waals surface area contributed by atoms with Crippen LogP contribution >= 0.6 is 0 Å². The second-order valence-corrected chi connectivity index (χ2v) is 5.28. The lowest BCUT2D eigenvalue weighted by molar-refractivity contribution is -0.138. The van der Waals surface area contributed by atoms with Crippen molar-refractivity contribution in [2.75, 3.05) is 26.9 Å². The molecule has 1 heterocycles. The first-order chi connectivity index (χ1) is 11.5. The van der Waals surface area contributed by atoms with E-state index in [4.69, 9.17) is 9.47 Å². The Bertz CT molecular complexity index is 705. The van der Waals surface area contributed by atoms with Crippen LogP contribution in [0.15, 0.2) is 41.1 Å². The Morgan fingerprint density at radius 2 is 2.12 bits per heavy atom. The minimum absolute atomic E-state index is 0.0874. The van der Waals surface area contributed by atoms with Gasteiger partial charge in [-0.15, -0.1) is 0 Å². The fourth-order valence-corrected chi connectivity index (χ4v) is 2.56. The smallest absolute Gasteiger partial charge is 0.340 e. The van der Waals surface area contributed by atoms with E-state index in [1.165, 1.54) is 17.0 Å². The number of hydrogen-bond donors (Lipinski definition) is 1. The van der Waals surface area contributed by atoms with Crippen LogP contribution in [0.3, 0.4) is 0 Å². The number of phenols is 1. The zero-order chi connectivity index (χ0) is 17.7. The normalized spacial score (nSPS) is 16.2. The zero-order valence-electron chi connectivity index (χ0n) is 14.0. The predicted molar refractivity (Wildman–Crippen MR) is 89.0 cm³/mol. The van der Waals surface area contributed by atoms with Gasteiger partial charge in [-0.2, -0.15) is 0 Å². The lowest BCUT2D eigenvalue weighted by Crippen LogP contribution is -2.28. The highest BCUT2D eigenvalue weighted by molar-refractivity contribution is 6.16. The Morgan fingerprint density at radius 3 is 2.75 bits per heavy atom. The highest BCUT2D eigenvalue weighted by atomic mass is 16.5. The number of esters is 1. The number of nitrogens with zero attached hydrogens (tertiary/aromatic N) is 1. The fraction of sp³-hybridized carbons (Fsp3) is 0.333. The number of carbonyl (C=O) groups excluding carboxylic acids is 2. The van der Waals surface area contributed by atoms with Gasteiger partial charge in [-0.25, -0.2) is 4.79 Å². The standard InChI is InChI=1S/C18H21NO5/c1-4-24-18(22)16-12(2)19(8-9-23-3)17(21)15(16)11-13-6-5-7-14(20)10-13/h5-7,10-11,20H,4,8-9H2,1-3H3. The highest BCUT2D eigenvalue weighted by Crippen LogP contribution is 2.31. The molecule has 1 aliphatic heterocycles. The van der Waals surface area contributed by atoms with E-state index in [1.807, 2.05) is 0 Å². The van der Waals surface area contributed by atoms with Crippen LogP contribution in [0.1, 0.15) is 19.4 Å². The number of carbonyl (C=O) groups is 2. The van der Waals surface area contributed by atoms with E-state index in [2.05, 4.69) is 0 Å². The molecule has 2 rings (SSSR count). The van der Waals surface area contributed by atoms with Crippen molar-refractivity contribution in [1.29, 1.82) is 0 Å². The first-order valence-electron chi connectivity index (χ1n) is 7.69. The first-order valence-corrected chi connectivity index (χ1v) is 7.69. The maximum Gasteiger partial charge on any atom is 0.340 e. The molecule has 0 bridgehead atoms. The van der Waals surface area contributed by atoms with E-state index in [-0.39, 0.29) is 29.4 Å². The average molecular weight is 331 g/mol. The van der Waals surface area contributed by atoms with Crippen LogP contribution in [0.5, 0.6) is 5.75 Å². The van der Waals surface area contributed by atoms with Gasteiger partial charge in [-0.05, 0) is 37.6 Å². The predicted octanol–water partition coefficient (Wildman–Crippen LogP) is 2.10. The summed E-state index contributed by atoms with van der Waals surface area (Å²) in [5.41, 5.74) is 1.68. The van der Waals surface area contributed by atoms with Gasteiger partial charge >= 0.3 is 5.97 Å². The van der Waals surface area contributed by atoms with Crippen LogP contribution in [0, 0.1) is 0 Å². The number of aromatic hydroxyl groups is 1. The molecule has 0 unspecified atom stereocenters. The summed E-state index contributed by atoms with van der Waals surface area (Å²) in [5.74, 6) is -0.727. The lowest BCUT2D eigenvalue weighted by atomic mass is 10.0. The maximum atomic E-state index is 12.7. The van der Waals surface area contributed by atoms with Crippen molar-refractivity contribution in [1.82, 2.24) is 4.90 Å². The third kappa shape index (κ3) is 3.65. The van der Waals surface area contributed by atoms with Gasteiger partial charge in [0.1, 0.15) is 5.75 Å². The van der Waals surface area contributed by atoms with Crippen LogP contribution in [0.4, 0.5) is 0 Å². The largest absolute Gasteiger partial charge is 0.508 e. The van der Waals surface area contributed by atoms with E-state index in [9.17, 15) is 14.7 Å². The number of allylic oxidation sites excluding steroid dienone is 1. The van der Waals surface area contributed by atoms with Crippen LogP contribution in [0.2, 0.25) is 0 Å². The summed E-state index contributed by atoms with van der Waals surface area (Å²) in [4.78, 5) is 26.5. The van der Waals surface area contributed by atoms with Crippen molar-refractivity contribution in [2.24, 2.45) is 0 Å². The number of hydrogen-bond acceptors (Lipinski definition) is 5. The summed E-state index contributed by atoms with van der Waals surface area (Å²) >= 11 is 0. The molecule has 1 aromatic carbocycles. The number of methoxy groups -OCH3 is 1. The summed E-state index contributed by atoms with van der Waals surface area (Å²) in [6.07, 6.45) is 1.59. The molecule has 0 spiro atoms. The third-order valence-electron chi connectivity index (χ3n) is 3.69. The van der Waals surface area contributed by atoms with E-state index in [0.29, 0.717) is 24.4 Å². The SMILES string of the molecule is CCOC(=O)C1=C(C)N(CCOC)C(=O)C1=Cc1cccc(O)c1. The number of amides is 1. The summed E-state index contributed by atoms with van der Waals surface area (Å²) in [5, 5.41) is 9.59. The molecule has 1 amide bonds. The van der Waals surface area contributed by atoms with Crippen molar-refractivity contribution < 1.29 is 24.2 Å². The molecule has 1 N–H and O–H groups in total. The first kappa shape index (κ1) is 17.7. The molecule has 6 heteroatoms. The Hall–Kier alpha value is -2.60. The van der Waals surface area contributed by atoms with E-state index >= 15 is 0 Å². The molecule has 0 saturated carbocycles. The molecule has 0 radical (unpaired) electrons. The Kier molecular flexibility index (Phi) is 5.76. The van der Waals surface area contributed by atoms with Crippen molar-refractivity contribution in [3.05, 3.63) is 46.7 Å². The van der Waals surface area contributed by atoms with Crippen molar-refractivity contribution >= 4 is 18.0 Å². The zero-order valence-corrected chi connectivity index (χ0v) is 14.0. The minimum Gasteiger partial charge on any atom is -0.508 e. The number of ether oxygens (including phenoxy) is 2.